The van der Waals surface area contributed by atoms with Crippen LogP contribution in [0.4, 0.5) is 0 Å². The molecular weight excluding hydrogens is 272 g/mol. The number of pyridine rings is 1. The predicted octanol–water partition coefficient (Wildman–Crippen LogP) is 1.25. The van der Waals surface area contributed by atoms with Gasteiger partial charge in [0.1, 0.15) is 0 Å². The van der Waals surface area contributed by atoms with E-state index < -0.39 is 11.4 Å². The molecule has 0 fully saturated rings. The number of amides is 1. The number of carbonyl (C=O) groups excluding carboxylic acids is 1. The van der Waals surface area contributed by atoms with Crippen molar-refractivity contribution in [3.8, 4) is 0 Å². The minimum absolute atomic E-state index is 0.109. The van der Waals surface area contributed by atoms with E-state index in [4.69, 9.17) is 0 Å². The van der Waals surface area contributed by atoms with Gasteiger partial charge in [0.15, 0.2) is 0 Å². The third kappa shape index (κ3) is 4.44. The van der Waals surface area contributed by atoms with Crippen molar-refractivity contribution in [1.29, 1.82) is 0 Å². The van der Waals surface area contributed by atoms with Gasteiger partial charge in [-0.25, -0.2) is 0 Å². The number of carboxylic acid groups (broad SMARTS) is 1. The molecule has 0 saturated carbocycles. The summed E-state index contributed by atoms with van der Waals surface area (Å²) in [5, 5.41) is 11.9. The van der Waals surface area contributed by atoms with Gasteiger partial charge in [-0.1, -0.05) is 19.9 Å². The molecule has 0 spiro atoms. The van der Waals surface area contributed by atoms with Crippen molar-refractivity contribution in [1.82, 2.24) is 9.88 Å². The molecule has 21 heavy (non-hydrogen) atoms. The molecule has 1 aromatic rings. The van der Waals surface area contributed by atoms with Crippen LogP contribution in [0.1, 0.15) is 33.1 Å². The molecule has 6 heteroatoms. The van der Waals surface area contributed by atoms with Crippen molar-refractivity contribution >= 4 is 11.9 Å². The highest BCUT2D eigenvalue weighted by atomic mass is 16.4. The molecule has 1 heterocycles. The van der Waals surface area contributed by atoms with E-state index in [0.717, 1.165) is 0 Å². The van der Waals surface area contributed by atoms with E-state index in [2.05, 4.69) is 5.32 Å². The largest absolute Gasteiger partial charge is 0.481 e. The number of aliphatic carboxylic acids is 1. The van der Waals surface area contributed by atoms with Crippen LogP contribution in [0.25, 0.3) is 0 Å². The summed E-state index contributed by atoms with van der Waals surface area (Å²) in [4.78, 5) is 34.6. The van der Waals surface area contributed by atoms with Crippen molar-refractivity contribution in [2.24, 2.45) is 5.41 Å². The summed E-state index contributed by atoms with van der Waals surface area (Å²) >= 11 is 0. The molecule has 0 unspecified atom stereocenters. The first kappa shape index (κ1) is 16.9. The van der Waals surface area contributed by atoms with Crippen LogP contribution in [-0.2, 0) is 16.1 Å². The molecule has 1 aromatic heterocycles. The van der Waals surface area contributed by atoms with E-state index in [1.807, 2.05) is 0 Å². The average Bonchev–Trinajstić information content (AvgIpc) is 2.47. The van der Waals surface area contributed by atoms with Gasteiger partial charge in [-0.3, -0.25) is 14.4 Å². The highest BCUT2D eigenvalue weighted by Crippen LogP contribution is 2.25. The Morgan fingerprint density at radius 2 is 1.95 bits per heavy atom. The molecule has 1 rings (SSSR count). The van der Waals surface area contributed by atoms with Crippen molar-refractivity contribution in [2.45, 2.75) is 39.7 Å². The number of hydrogen-bond acceptors (Lipinski definition) is 3. The second-order valence-corrected chi connectivity index (χ2v) is 5.05. The number of carbonyl (C=O) groups is 2. The first-order chi connectivity index (χ1) is 9.95. The summed E-state index contributed by atoms with van der Waals surface area (Å²) in [7, 11) is 0. The average molecular weight is 294 g/mol. The quantitative estimate of drug-likeness (QED) is 0.755. The van der Waals surface area contributed by atoms with Gasteiger partial charge in [0.05, 0.1) is 5.41 Å². The van der Waals surface area contributed by atoms with Crippen LogP contribution in [-0.4, -0.2) is 28.1 Å². The van der Waals surface area contributed by atoms with E-state index in [-0.39, 0.29) is 31.0 Å². The Morgan fingerprint density at radius 1 is 1.29 bits per heavy atom. The fourth-order valence-corrected chi connectivity index (χ4v) is 2.10. The number of aromatic nitrogens is 1. The molecule has 0 saturated heterocycles. The maximum absolute atomic E-state index is 11.8. The maximum atomic E-state index is 11.8. The molecule has 0 aliphatic rings. The molecule has 0 aliphatic carbocycles. The molecular formula is C15H22N2O4. The fraction of sp³-hybridized carbons (Fsp3) is 0.533. The zero-order valence-electron chi connectivity index (χ0n) is 12.5. The smallest absolute Gasteiger partial charge is 0.311 e. The fourth-order valence-electron chi connectivity index (χ4n) is 2.10. The highest BCUT2D eigenvalue weighted by Gasteiger charge is 2.34. The summed E-state index contributed by atoms with van der Waals surface area (Å²) in [6.45, 7) is 3.99. The molecule has 0 bridgehead atoms. The summed E-state index contributed by atoms with van der Waals surface area (Å²) in [6, 6.07) is 4.80. The lowest BCUT2D eigenvalue weighted by molar-refractivity contribution is -0.149. The molecule has 1 amide bonds. The second kappa shape index (κ2) is 7.61. The molecule has 0 atom stereocenters. The maximum Gasteiger partial charge on any atom is 0.311 e. The Hall–Kier alpha value is -2.11. The van der Waals surface area contributed by atoms with Crippen molar-refractivity contribution in [3.05, 3.63) is 34.7 Å². The summed E-state index contributed by atoms with van der Waals surface area (Å²) < 4.78 is 1.45. The normalized spacial score (nSPS) is 11.1. The van der Waals surface area contributed by atoms with Crippen LogP contribution in [0.2, 0.25) is 0 Å². The Kier molecular flexibility index (Phi) is 6.14. The zero-order valence-corrected chi connectivity index (χ0v) is 12.5. The van der Waals surface area contributed by atoms with Crippen molar-refractivity contribution in [2.75, 3.05) is 6.54 Å². The molecule has 0 aromatic carbocycles. The SMILES string of the molecule is CCC(CC)(CNC(=O)CCn1ccccc1=O)C(=O)O. The highest BCUT2D eigenvalue weighted by molar-refractivity contribution is 5.79. The molecule has 0 radical (unpaired) electrons. The number of aryl methyl sites for hydroxylation is 1. The number of nitrogens with one attached hydrogen (secondary N) is 1. The van der Waals surface area contributed by atoms with Crippen LogP contribution >= 0.6 is 0 Å². The lowest BCUT2D eigenvalue weighted by Crippen LogP contribution is -2.42. The summed E-state index contributed by atoms with van der Waals surface area (Å²) in [5.74, 6) is -1.15. The Balaban J connectivity index is 2.53. The van der Waals surface area contributed by atoms with E-state index in [0.29, 0.717) is 12.8 Å². The summed E-state index contributed by atoms with van der Waals surface area (Å²) in [5.41, 5.74) is -1.08. The molecule has 0 aliphatic heterocycles. The predicted molar refractivity (Wildman–Crippen MR) is 79.0 cm³/mol. The monoisotopic (exact) mass is 294 g/mol. The minimum atomic E-state index is -0.917. The number of carboxylic acids is 1. The standard InChI is InChI=1S/C15H22N2O4/c1-3-15(4-2,14(20)21)11-16-12(18)8-10-17-9-6-5-7-13(17)19/h5-7,9H,3-4,8,10-11H2,1-2H3,(H,16,18)(H,20,21). The summed E-state index contributed by atoms with van der Waals surface area (Å²) in [6.07, 6.45) is 2.68. The van der Waals surface area contributed by atoms with Crippen LogP contribution in [0.15, 0.2) is 29.2 Å². The van der Waals surface area contributed by atoms with E-state index in [9.17, 15) is 19.5 Å². The minimum Gasteiger partial charge on any atom is -0.481 e. The molecule has 116 valence electrons. The van der Waals surface area contributed by atoms with E-state index in [1.54, 1.807) is 32.2 Å². The van der Waals surface area contributed by atoms with Crippen LogP contribution < -0.4 is 10.9 Å². The van der Waals surface area contributed by atoms with E-state index >= 15 is 0 Å². The van der Waals surface area contributed by atoms with Gasteiger partial charge >= 0.3 is 5.97 Å². The van der Waals surface area contributed by atoms with E-state index in [1.165, 1.54) is 10.6 Å². The topological polar surface area (TPSA) is 88.4 Å². The number of hydrogen-bond donors (Lipinski definition) is 2. The number of nitrogens with zero attached hydrogens (tertiary/aromatic N) is 1. The van der Waals surface area contributed by atoms with Crippen LogP contribution in [0.5, 0.6) is 0 Å². The number of rotatable bonds is 8. The zero-order chi connectivity index (χ0) is 15.9. The van der Waals surface area contributed by atoms with Gasteiger partial charge in [-0.2, -0.15) is 0 Å². The first-order valence-corrected chi connectivity index (χ1v) is 7.10. The Morgan fingerprint density at radius 3 is 2.48 bits per heavy atom. The van der Waals surface area contributed by atoms with Crippen molar-refractivity contribution in [3.63, 3.8) is 0 Å². The third-order valence-electron chi connectivity index (χ3n) is 3.91. The second-order valence-electron chi connectivity index (χ2n) is 5.05. The lowest BCUT2D eigenvalue weighted by atomic mass is 9.82. The van der Waals surface area contributed by atoms with Gasteiger partial charge in [0.25, 0.3) is 5.56 Å². The molecule has 6 nitrogen and oxygen atoms in total. The van der Waals surface area contributed by atoms with Crippen molar-refractivity contribution < 1.29 is 14.7 Å². The van der Waals surface area contributed by atoms with Gasteiger partial charge in [0, 0.05) is 31.8 Å². The van der Waals surface area contributed by atoms with Gasteiger partial charge < -0.3 is 15.0 Å². The Labute approximate surface area is 123 Å². The lowest BCUT2D eigenvalue weighted by Gasteiger charge is -2.26. The van der Waals surface area contributed by atoms with Crippen LogP contribution in [0, 0.1) is 5.41 Å². The Bertz CT molecular complexity index is 547. The van der Waals surface area contributed by atoms with Gasteiger partial charge in [-0.15, -0.1) is 0 Å². The first-order valence-electron chi connectivity index (χ1n) is 7.10. The van der Waals surface area contributed by atoms with Gasteiger partial charge in [0.2, 0.25) is 5.91 Å². The molecule has 2 N–H and O–H groups in total. The third-order valence-corrected chi connectivity index (χ3v) is 3.91. The van der Waals surface area contributed by atoms with Gasteiger partial charge in [-0.05, 0) is 18.9 Å². The van der Waals surface area contributed by atoms with Crippen LogP contribution in [0.3, 0.4) is 0 Å².